The summed E-state index contributed by atoms with van der Waals surface area (Å²) in [5.74, 6) is 0.967. The fraction of sp³-hybridized carbons (Fsp3) is 0.400. The average Bonchev–Trinajstić information content (AvgIpc) is 3.04. The highest BCUT2D eigenvalue weighted by Crippen LogP contribution is 2.19. The minimum Gasteiger partial charge on any atom is -0.352 e. The molecule has 0 amide bonds. The first-order chi connectivity index (χ1) is 12.4. The molecule has 2 aromatic heterocycles. The third-order valence-electron chi connectivity index (χ3n) is 5.10. The zero-order chi connectivity index (χ0) is 16.9. The van der Waals surface area contributed by atoms with Crippen molar-refractivity contribution in [2.75, 3.05) is 25.0 Å². The summed E-state index contributed by atoms with van der Waals surface area (Å²) in [5, 5.41) is 3.52. The molecule has 0 aliphatic carbocycles. The van der Waals surface area contributed by atoms with Gasteiger partial charge >= 0.3 is 0 Å². The van der Waals surface area contributed by atoms with Crippen LogP contribution < -0.4 is 10.2 Å². The second kappa shape index (κ2) is 7.66. The molecule has 0 bridgehead atoms. The van der Waals surface area contributed by atoms with E-state index in [1.807, 2.05) is 24.5 Å². The highest BCUT2D eigenvalue weighted by atomic mass is 15.2. The Hall–Kier alpha value is -2.40. The molecule has 0 atom stereocenters. The predicted octanol–water partition coefficient (Wildman–Crippen LogP) is 2.11. The molecule has 1 saturated heterocycles. The maximum absolute atomic E-state index is 4.82. The van der Waals surface area contributed by atoms with Gasteiger partial charge in [-0.3, -0.25) is 4.98 Å². The topological polar surface area (TPSA) is 47.2 Å². The molecule has 2 N–H and O–H groups in total. The number of nitrogens with one attached hydrogen (secondary N) is 2. The van der Waals surface area contributed by atoms with Gasteiger partial charge in [-0.2, -0.15) is 0 Å². The fourth-order valence-corrected chi connectivity index (χ4v) is 3.69. The summed E-state index contributed by atoms with van der Waals surface area (Å²) in [5.41, 5.74) is 3.50. The van der Waals surface area contributed by atoms with E-state index in [9.17, 15) is 0 Å². The lowest BCUT2D eigenvalue weighted by Crippen LogP contribution is -3.13. The summed E-state index contributed by atoms with van der Waals surface area (Å²) in [6.45, 7) is 5.57. The molecular formula is C20H26N5+. The summed E-state index contributed by atoms with van der Waals surface area (Å²) in [7, 11) is 0. The van der Waals surface area contributed by atoms with Gasteiger partial charge in [0.05, 0.1) is 37.2 Å². The van der Waals surface area contributed by atoms with Crippen LogP contribution in [-0.4, -0.2) is 34.2 Å². The van der Waals surface area contributed by atoms with Crippen LogP contribution in [-0.2, 0) is 13.1 Å². The molecule has 1 aliphatic rings. The number of hydrogen-bond donors (Lipinski definition) is 2. The summed E-state index contributed by atoms with van der Waals surface area (Å²) in [6.07, 6.45) is 7.80. The number of rotatable bonds is 6. The van der Waals surface area contributed by atoms with Gasteiger partial charge in [-0.05, 0) is 49.1 Å². The number of aromatic nitrogens is 3. The van der Waals surface area contributed by atoms with Crippen molar-refractivity contribution in [1.82, 2.24) is 14.5 Å². The summed E-state index contributed by atoms with van der Waals surface area (Å²) < 4.78 is 2.35. The van der Waals surface area contributed by atoms with Crippen LogP contribution in [0.5, 0.6) is 0 Å². The monoisotopic (exact) mass is 336 g/mol. The zero-order valence-electron chi connectivity index (χ0n) is 14.6. The van der Waals surface area contributed by atoms with Crippen LogP contribution in [0.2, 0.25) is 0 Å². The van der Waals surface area contributed by atoms with Crippen molar-refractivity contribution in [2.45, 2.75) is 32.4 Å². The number of hydrogen-bond acceptors (Lipinski definition) is 3. The van der Waals surface area contributed by atoms with E-state index in [4.69, 9.17) is 4.98 Å². The lowest BCUT2D eigenvalue weighted by Gasteiger charge is -2.24. The van der Waals surface area contributed by atoms with Crippen molar-refractivity contribution >= 4 is 17.0 Å². The molecule has 1 aromatic carbocycles. The van der Waals surface area contributed by atoms with Crippen molar-refractivity contribution < 1.29 is 4.90 Å². The van der Waals surface area contributed by atoms with E-state index in [0.717, 1.165) is 24.6 Å². The van der Waals surface area contributed by atoms with Crippen molar-refractivity contribution in [3.63, 3.8) is 0 Å². The first-order valence-corrected chi connectivity index (χ1v) is 9.32. The number of likely N-dealkylation sites (tertiary alicyclic amines) is 1. The smallest absolute Gasteiger partial charge is 0.204 e. The third-order valence-corrected chi connectivity index (χ3v) is 5.10. The van der Waals surface area contributed by atoms with Crippen molar-refractivity contribution in [2.24, 2.45) is 0 Å². The van der Waals surface area contributed by atoms with E-state index in [-0.39, 0.29) is 0 Å². The van der Waals surface area contributed by atoms with Gasteiger partial charge in [-0.1, -0.05) is 12.1 Å². The van der Waals surface area contributed by atoms with Crippen LogP contribution in [0.4, 0.5) is 5.95 Å². The van der Waals surface area contributed by atoms with Gasteiger partial charge in [-0.25, -0.2) is 4.98 Å². The minimum absolute atomic E-state index is 0.766. The second-order valence-electron chi connectivity index (χ2n) is 6.85. The molecule has 5 heteroatoms. The van der Waals surface area contributed by atoms with Gasteiger partial charge in [0.1, 0.15) is 0 Å². The van der Waals surface area contributed by atoms with Gasteiger partial charge in [0.15, 0.2) is 0 Å². The third kappa shape index (κ3) is 3.82. The van der Waals surface area contributed by atoms with Gasteiger partial charge in [-0.15, -0.1) is 0 Å². The summed E-state index contributed by atoms with van der Waals surface area (Å²) >= 11 is 0. The number of nitrogens with zero attached hydrogens (tertiary/aromatic N) is 3. The molecule has 1 aliphatic heterocycles. The van der Waals surface area contributed by atoms with Crippen LogP contribution in [0.25, 0.3) is 11.0 Å². The lowest BCUT2D eigenvalue weighted by molar-refractivity contribution is -0.905. The quantitative estimate of drug-likeness (QED) is 0.725. The molecule has 0 spiro atoms. The molecule has 3 heterocycles. The van der Waals surface area contributed by atoms with Crippen molar-refractivity contribution in [1.29, 1.82) is 0 Å². The van der Waals surface area contributed by atoms with Crippen LogP contribution in [0.1, 0.15) is 24.8 Å². The van der Waals surface area contributed by atoms with E-state index >= 15 is 0 Å². The Morgan fingerprint density at radius 3 is 2.64 bits per heavy atom. The Kier molecular flexibility index (Phi) is 4.93. The number of piperidine rings is 1. The van der Waals surface area contributed by atoms with Gasteiger partial charge < -0.3 is 14.8 Å². The van der Waals surface area contributed by atoms with Gasteiger partial charge in [0.25, 0.3) is 0 Å². The van der Waals surface area contributed by atoms with Crippen LogP contribution in [0.3, 0.4) is 0 Å². The summed E-state index contributed by atoms with van der Waals surface area (Å²) in [6, 6.07) is 12.5. The molecule has 3 aromatic rings. The molecule has 4 rings (SSSR count). The maximum atomic E-state index is 4.82. The Balaban J connectivity index is 1.52. The van der Waals surface area contributed by atoms with Gasteiger partial charge in [0, 0.05) is 18.9 Å². The first-order valence-electron chi connectivity index (χ1n) is 9.32. The number of para-hydroxylation sites is 2. The van der Waals surface area contributed by atoms with E-state index in [1.54, 1.807) is 4.90 Å². The van der Waals surface area contributed by atoms with Crippen molar-refractivity contribution in [3.8, 4) is 0 Å². The molecule has 0 saturated carbocycles. The number of anilines is 1. The highest BCUT2D eigenvalue weighted by molar-refractivity contribution is 5.78. The Labute approximate surface area is 148 Å². The van der Waals surface area contributed by atoms with E-state index in [0.29, 0.717) is 0 Å². The van der Waals surface area contributed by atoms with E-state index in [1.165, 1.54) is 50.0 Å². The highest BCUT2D eigenvalue weighted by Gasteiger charge is 2.16. The molecule has 0 radical (unpaired) electrons. The van der Waals surface area contributed by atoms with E-state index in [2.05, 4.69) is 39.1 Å². The number of fused-ring (bicyclic) bond motifs is 1. The predicted molar refractivity (Wildman–Crippen MR) is 101 cm³/mol. The van der Waals surface area contributed by atoms with Crippen LogP contribution >= 0.6 is 0 Å². The molecular weight excluding hydrogens is 310 g/mol. The lowest BCUT2D eigenvalue weighted by atomic mass is 10.1. The molecule has 0 unspecified atom stereocenters. The number of quaternary nitrogens is 1. The second-order valence-corrected chi connectivity index (χ2v) is 6.85. The Morgan fingerprint density at radius 2 is 1.80 bits per heavy atom. The zero-order valence-corrected chi connectivity index (χ0v) is 14.6. The minimum atomic E-state index is 0.766. The molecule has 130 valence electrons. The number of pyridine rings is 1. The number of benzene rings is 1. The first kappa shape index (κ1) is 16.1. The van der Waals surface area contributed by atoms with Crippen LogP contribution in [0.15, 0.2) is 48.8 Å². The Bertz CT molecular complexity index is 805. The molecule has 5 nitrogen and oxygen atoms in total. The number of imidazole rings is 1. The van der Waals surface area contributed by atoms with Gasteiger partial charge in [0.2, 0.25) is 5.95 Å². The van der Waals surface area contributed by atoms with Crippen LogP contribution in [0, 0.1) is 0 Å². The average molecular weight is 336 g/mol. The van der Waals surface area contributed by atoms with E-state index < -0.39 is 0 Å². The standard InChI is InChI=1S/C20H25N5/c1-4-12-24(13-5-1)14-15-25-19-7-3-2-6-18(19)23-20(25)22-16-17-8-10-21-11-9-17/h2-3,6-11H,1,4-5,12-16H2,(H,22,23)/p+1. The SMILES string of the molecule is c1ccc2c(c1)nc(NCc1ccncc1)n2CC[NH+]1CCCCC1. The normalized spacial score (nSPS) is 15.5. The summed E-state index contributed by atoms with van der Waals surface area (Å²) in [4.78, 5) is 10.6. The largest absolute Gasteiger partial charge is 0.352 e. The molecule has 1 fully saturated rings. The Morgan fingerprint density at radius 1 is 1.00 bits per heavy atom. The van der Waals surface area contributed by atoms with Crippen molar-refractivity contribution in [3.05, 3.63) is 54.4 Å². The fourth-order valence-electron chi connectivity index (χ4n) is 3.69. The molecule has 25 heavy (non-hydrogen) atoms. The maximum Gasteiger partial charge on any atom is 0.204 e.